The molecule has 0 bridgehead atoms. The third-order valence-corrected chi connectivity index (χ3v) is 13.7. The Hall–Kier alpha value is -9.44. The van der Waals surface area contributed by atoms with Gasteiger partial charge in [-0.2, -0.15) is 0 Å². The molecule has 0 fully saturated rings. The zero-order chi connectivity index (χ0) is 53.4. The maximum atomic E-state index is 13.6. The number of benzene rings is 10. The van der Waals surface area contributed by atoms with Crippen LogP contribution in [-0.2, 0) is 46.2 Å². The van der Waals surface area contributed by atoms with E-state index in [-0.39, 0.29) is 26.4 Å². The van der Waals surface area contributed by atoms with E-state index in [1.165, 1.54) is 0 Å². The second-order valence-corrected chi connectivity index (χ2v) is 19.3. The molecule has 394 valence electrons. The molecule has 0 saturated carbocycles. The van der Waals surface area contributed by atoms with Gasteiger partial charge in [0, 0.05) is 35.4 Å². The van der Waals surface area contributed by atoms with Crippen molar-refractivity contribution < 1.29 is 43.0 Å². The Kier molecular flexibility index (Phi) is 16.7. The fourth-order valence-electron chi connectivity index (χ4n) is 9.61. The average Bonchev–Trinajstić information content (AvgIpc) is 3.56. The van der Waals surface area contributed by atoms with Crippen LogP contribution in [0, 0.1) is 0 Å². The first-order chi connectivity index (χ1) is 39.1. The van der Waals surface area contributed by atoms with E-state index in [1.54, 1.807) is 0 Å². The first kappa shape index (κ1) is 51.7. The minimum atomic E-state index is -1.30. The van der Waals surface area contributed by atoms with Crippen LogP contribution < -0.4 is 37.9 Å². The lowest BCUT2D eigenvalue weighted by molar-refractivity contribution is 0.00568. The summed E-state index contributed by atoms with van der Waals surface area (Å²) in [5.41, 5.74) is 8.64. The Labute approximate surface area is 461 Å². The maximum Gasteiger partial charge on any atom is 0.162 e. The van der Waals surface area contributed by atoms with E-state index >= 15 is 0 Å². The smallest absolute Gasteiger partial charge is 0.162 e. The summed E-state index contributed by atoms with van der Waals surface area (Å²) in [5.74, 6) is 2.94. The van der Waals surface area contributed by atoms with Crippen molar-refractivity contribution in [3.63, 3.8) is 0 Å². The predicted molar refractivity (Wildman–Crippen MR) is 306 cm³/mol. The topological polar surface area (TPSA) is 94.1 Å². The van der Waals surface area contributed by atoms with Gasteiger partial charge in [0.25, 0.3) is 0 Å². The lowest BCUT2D eigenvalue weighted by Gasteiger charge is -2.39. The van der Waals surface area contributed by atoms with Crippen LogP contribution in [0.5, 0.6) is 46.0 Å². The summed E-state index contributed by atoms with van der Waals surface area (Å²) in [5, 5.41) is 13.6. The summed E-state index contributed by atoms with van der Waals surface area (Å²) in [6, 6.07) is 83.3. The third-order valence-electron chi connectivity index (χ3n) is 13.7. The molecule has 9 heteroatoms. The highest BCUT2D eigenvalue weighted by molar-refractivity contribution is 5.64. The average molecular weight is 1050 g/mol. The fraction of sp³-hybridized carbons (Fsp3) is 0.143. The summed E-state index contributed by atoms with van der Waals surface area (Å²) in [7, 11) is 0. The molecule has 10 aromatic rings. The van der Waals surface area contributed by atoms with Crippen LogP contribution in [-0.4, -0.2) is 11.2 Å². The predicted octanol–water partition coefficient (Wildman–Crippen LogP) is 15.4. The van der Waals surface area contributed by atoms with E-state index < -0.39 is 18.1 Å². The van der Waals surface area contributed by atoms with Gasteiger partial charge in [-0.1, -0.05) is 218 Å². The first-order valence-electron chi connectivity index (χ1n) is 26.6. The molecule has 0 amide bonds. The van der Waals surface area contributed by atoms with E-state index in [0.29, 0.717) is 82.5 Å². The molecule has 10 aromatic carbocycles. The SMILES string of the molecule is O[C@H]1[C@@H](c2c(OCc3ccccc3)cc(OCc3ccccc3)cc2OCc2ccccc2)c2c(OCc3ccccc3)cc(OCc3ccccc3)cc2O[C@@H]1c1ccc(OCc2ccccc2)c(OCc2ccccc2)c1. The van der Waals surface area contributed by atoms with Gasteiger partial charge in [0.05, 0.1) is 5.92 Å². The minimum absolute atomic E-state index is 0.208. The van der Waals surface area contributed by atoms with Gasteiger partial charge in [0.15, 0.2) is 17.6 Å². The van der Waals surface area contributed by atoms with E-state index in [0.717, 1.165) is 38.9 Å². The van der Waals surface area contributed by atoms with Crippen LogP contribution in [0.4, 0.5) is 0 Å². The second kappa shape index (κ2) is 25.6. The fourth-order valence-corrected chi connectivity index (χ4v) is 9.61. The van der Waals surface area contributed by atoms with Crippen LogP contribution >= 0.6 is 0 Å². The van der Waals surface area contributed by atoms with Crippen LogP contribution in [0.1, 0.15) is 67.7 Å². The number of aliphatic hydroxyl groups is 1. The van der Waals surface area contributed by atoms with Crippen molar-refractivity contribution in [1.82, 2.24) is 0 Å². The maximum absolute atomic E-state index is 13.6. The molecule has 1 heterocycles. The summed E-state index contributed by atoms with van der Waals surface area (Å²) < 4.78 is 54.5. The molecule has 3 atom stereocenters. The number of fused-ring (bicyclic) bond motifs is 1. The van der Waals surface area contributed by atoms with Crippen molar-refractivity contribution in [3.8, 4) is 46.0 Å². The lowest BCUT2D eigenvalue weighted by Crippen LogP contribution is -2.36. The van der Waals surface area contributed by atoms with Crippen molar-refractivity contribution in [1.29, 1.82) is 0 Å². The Bertz CT molecular complexity index is 3430. The van der Waals surface area contributed by atoms with Gasteiger partial charge in [-0.05, 0) is 56.6 Å². The van der Waals surface area contributed by atoms with E-state index in [1.807, 2.05) is 255 Å². The quantitative estimate of drug-likeness (QED) is 0.0672. The van der Waals surface area contributed by atoms with Crippen LogP contribution in [0.25, 0.3) is 0 Å². The highest BCUT2D eigenvalue weighted by Gasteiger charge is 2.45. The molecule has 0 spiro atoms. The molecule has 1 aliphatic rings. The summed E-state index contributed by atoms with van der Waals surface area (Å²) in [6.07, 6.45) is -2.29. The zero-order valence-electron chi connectivity index (χ0n) is 43.6. The summed E-state index contributed by atoms with van der Waals surface area (Å²) in [6.45, 7) is 1.82. The first-order valence-corrected chi connectivity index (χ1v) is 26.6. The lowest BCUT2D eigenvalue weighted by atomic mass is 9.78. The molecule has 0 saturated heterocycles. The van der Waals surface area contributed by atoms with Gasteiger partial charge in [-0.25, -0.2) is 0 Å². The van der Waals surface area contributed by atoms with Crippen molar-refractivity contribution in [2.24, 2.45) is 0 Å². The minimum Gasteiger partial charge on any atom is -0.489 e. The highest BCUT2D eigenvalue weighted by Crippen LogP contribution is 2.56. The van der Waals surface area contributed by atoms with Crippen molar-refractivity contribution >= 4 is 0 Å². The van der Waals surface area contributed by atoms with Gasteiger partial charge in [0.1, 0.15) is 86.8 Å². The summed E-state index contributed by atoms with van der Waals surface area (Å²) in [4.78, 5) is 0. The molecule has 1 aliphatic heterocycles. The second-order valence-electron chi connectivity index (χ2n) is 19.3. The van der Waals surface area contributed by atoms with E-state index in [4.69, 9.17) is 37.9 Å². The molecule has 79 heavy (non-hydrogen) atoms. The van der Waals surface area contributed by atoms with Gasteiger partial charge in [-0.15, -0.1) is 0 Å². The molecule has 1 N–H and O–H groups in total. The standard InChI is InChI=1S/C70H60O9/c71-69-68(66-62(76-47-54-30-16-5-17-31-54)39-58(72-43-50-22-8-1-9-23-50)40-63(66)77-48-55-32-18-6-19-33-55)67-64(78-49-56-34-20-7-21-35-56)41-59(73-44-51-24-10-2-11-25-51)42-65(67)79-70(69)57-36-37-60(74-45-52-26-12-3-13-27-52)61(38-57)75-46-53-28-14-4-15-29-53/h1-42,68-71H,43-49H2/t68-,69-,70+/m0/s1. The van der Waals surface area contributed by atoms with Crippen molar-refractivity contribution in [2.75, 3.05) is 0 Å². The van der Waals surface area contributed by atoms with Gasteiger partial charge in [-0.3, -0.25) is 0 Å². The Morgan fingerprint density at radius 1 is 0.291 bits per heavy atom. The third kappa shape index (κ3) is 13.4. The van der Waals surface area contributed by atoms with Crippen molar-refractivity contribution in [2.45, 2.75) is 64.4 Å². The number of aliphatic hydroxyl groups excluding tert-OH is 1. The monoisotopic (exact) mass is 1040 g/mol. The van der Waals surface area contributed by atoms with Crippen LogP contribution in [0.3, 0.4) is 0 Å². The Morgan fingerprint density at radius 2 is 0.595 bits per heavy atom. The molecule has 9 nitrogen and oxygen atoms in total. The molecular formula is C70H60O9. The van der Waals surface area contributed by atoms with E-state index in [2.05, 4.69) is 0 Å². The summed E-state index contributed by atoms with van der Waals surface area (Å²) >= 11 is 0. The number of ether oxygens (including phenoxy) is 8. The number of hydrogen-bond acceptors (Lipinski definition) is 9. The normalized spacial score (nSPS) is 14.5. The van der Waals surface area contributed by atoms with Gasteiger partial charge in [0.2, 0.25) is 0 Å². The Balaban J connectivity index is 1.08. The van der Waals surface area contributed by atoms with Crippen LogP contribution in [0.2, 0.25) is 0 Å². The van der Waals surface area contributed by atoms with Gasteiger partial charge < -0.3 is 43.0 Å². The molecule has 0 aliphatic carbocycles. The molecule has 11 rings (SSSR count). The molecule has 0 unspecified atom stereocenters. The zero-order valence-corrected chi connectivity index (χ0v) is 43.6. The molecule has 0 radical (unpaired) electrons. The highest BCUT2D eigenvalue weighted by atomic mass is 16.5. The number of hydrogen-bond donors (Lipinski definition) is 1. The largest absolute Gasteiger partial charge is 0.489 e. The van der Waals surface area contributed by atoms with E-state index in [9.17, 15) is 5.11 Å². The van der Waals surface area contributed by atoms with Crippen LogP contribution in [0.15, 0.2) is 255 Å². The molecule has 0 aromatic heterocycles. The van der Waals surface area contributed by atoms with Crippen molar-refractivity contribution in [3.05, 3.63) is 310 Å². The number of rotatable bonds is 23. The Morgan fingerprint density at radius 3 is 0.962 bits per heavy atom. The van der Waals surface area contributed by atoms with Gasteiger partial charge >= 0.3 is 0 Å². The molecular weight excluding hydrogens is 985 g/mol.